The number of carbonyl (C=O) groups is 2. The normalized spacial score (nSPS) is 14.2. The number of hydrogen-bond acceptors (Lipinski definition) is 2. The number of hydrogen-bond donors (Lipinski definition) is 0. The topological polar surface area (TPSA) is 48.4 Å². The van der Waals surface area contributed by atoms with E-state index in [1.807, 2.05) is 58.9 Å². The molecular weight excluding hydrogens is 412 g/mol. The van der Waals surface area contributed by atoms with Crippen molar-refractivity contribution in [2.45, 2.75) is 71.9 Å². The molecule has 0 radical (unpaired) electrons. The van der Waals surface area contributed by atoms with E-state index in [0.29, 0.717) is 26.2 Å². The highest BCUT2D eigenvalue weighted by molar-refractivity contribution is 5.95. The van der Waals surface area contributed by atoms with Crippen LogP contribution in [0.3, 0.4) is 0 Å². The zero-order valence-corrected chi connectivity index (χ0v) is 20.4. The Labute approximate surface area is 198 Å². The van der Waals surface area contributed by atoms with Crippen molar-refractivity contribution in [1.82, 2.24) is 9.80 Å². The van der Waals surface area contributed by atoms with E-state index in [0.717, 1.165) is 43.5 Å². The maximum Gasteiger partial charge on any atom is 0.259 e. The van der Waals surface area contributed by atoms with Gasteiger partial charge < -0.3 is 9.80 Å². The highest BCUT2D eigenvalue weighted by Gasteiger charge is 2.25. The van der Waals surface area contributed by atoms with Crippen LogP contribution in [0.15, 0.2) is 49.1 Å². The number of carbonyl (C=O) groups excluding carboxylic acids is 2. The standard InChI is InChI=1S/C27H40N4O2/c1-3-5-7-14-28-16-9-12-24(22-28)26(32)30-18-11-19-31(21-20-30)27(33)25-13-10-17-29(23-25)15-8-6-4-2/h9-10,12-13,16-17,22-23H,3-8,11,14-15,18-21H2,1-2H3/q+2. The Bertz CT molecular complexity index is 841. The van der Waals surface area contributed by atoms with Crippen LogP contribution < -0.4 is 9.13 Å². The summed E-state index contributed by atoms with van der Waals surface area (Å²) in [7, 11) is 0. The maximum absolute atomic E-state index is 13.2. The van der Waals surface area contributed by atoms with Gasteiger partial charge >= 0.3 is 0 Å². The van der Waals surface area contributed by atoms with Gasteiger partial charge in [-0.05, 0) is 31.4 Å². The Hall–Kier alpha value is -2.76. The average Bonchev–Trinajstić information content (AvgIpc) is 3.10. The van der Waals surface area contributed by atoms with Gasteiger partial charge in [0.05, 0.1) is 0 Å². The molecule has 1 saturated heterocycles. The molecule has 1 aliphatic heterocycles. The number of pyridine rings is 2. The lowest BCUT2D eigenvalue weighted by molar-refractivity contribution is -0.697. The van der Waals surface area contributed by atoms with Crippen LogP contribution in [-0.2, 0) is 13.1 Å². The summed E-state index contributed by atoms with van der Waals surface area (Å²) in [5.74, 6) is 0.116. The number of amides is 2. The fourth-order valence-corrected chi connectivity index (χ4v) is 4.35. The van der Waals surface area contributed by atoms with Gasteiger partial charge in [0.2, 0.25) is 0 Å². The van der Waals surface area contributed by atoms with Gasteiger partial charge in [-0.3, -0.25) is 9.59 Å². The minimum absolute atomic E-state index is 0.0580. The van der Waals surface area contributed by atoms with E-state index in [-0.39, 0.29) is 11.8 Å². The van der Waals surface area contributed by atoms with E-state index in [4.69, 9.17) is 0 Å². The first kappa shape index (κ1) is 24.9. The van der Waals surface area contributed by atoms with E-state index in [1.54, 1.807) is 0 Å². The lowest BCUT2D eigenvalue weighted by atomic mass is 10.2. The summed E-state index contributed by atoms with van der Waals surface area (Å²) in [5, 5.41) is 0. The van der Waals surface area contributed by atoms with Gasteiger partial charge in [-0.2, -0.15) is 0 Å². The van der Waals surface area contributed by atoms with Gasteiger partial charge in [-0.25, -0.2) is 9.13 Å². The molecule has 3 heterocycles. The summed E-state index contributed by atoms with van der Waals surface area (Å²) in [5.41, 5.74) is 1.45. The highest BCUT2D eigenvalue weighted by Crippen LogP contribution is 2.11. The van der Waals surface area contributed by atoms with Crippen molar-refractivity contribution >= 4 is 11.8 Å². The van der Waals surface area contributed by atoms with Crippen molar-refractivity contribution in [2.24, 2.45) is 0 Å². The minimum atomic E-state index is 0.0580. The van der Waals surface area contributed by atoms with Crippen molar-refractivity contribution < 1.29 is 18.7 Å². The molecule has 2 amide bonds. The summed E-state index contributed by atoms with van der Waals surface area (Å²) < 4.78 is 4.23. The Kier molecular flexibility index (Phi) is 9.85. The average molecular weight is 453 g/mol. The van der Waals surface area contributed by atoms with Gasteiger partial charge in [0.15, 0.2) is 24.8 Å². The van der Waals surface area contributed by atoms with Crippen molar-refractivity contribution in [3.8, 4) is 0 Å². The van der Waals surface area contributed by atoms with Crippen LogP contribution in [0.1, 0.15) is 79.5 Å². The minimum Gasteiger partial charge on any atom is -0.337 e. The van der Waals surface area contributed by atoms with E-state index in [2.05, 4.69) is 23.0 Å². The monoisotopic (exact) mass is 452 g/mol. The van der Waals surface area contributed by atoms with Gasteiger partial charge in [0.25, 0.3) is 11.8 Å². The summed E-state index contributed by atoms with van der Waals surface area (Å²) in [6, 6.07) is 7.71. The van der Waals surface area contributed by atoms with E-state index in [9.17, 15) is 9.59 Å². The largest absolute Gasteiger partial charge is 0.337 e. The maximum atomic E-state index is 13.2. The summed E-state index contributed by atoms with van der Waals surface area (Å²) >= 11 is 0. The summed E-state index contributed by atoms with van der Waals surface area (Å²) in [6.45, 7) is 8.76. The highest BCUT2D eigenvalue weighted by atomic mass is 16.2. The predicted octanol–water partition coefficient (Wildman–Crippen LogP) is 3.63. The molecule has 0 unspecified atom stereocenters. The third-order valence-electron chi connectivity index (χ3n) is 6.32. The lowest BCUT2D eigenvalue weighted by Crippen LogP contribution is -2.40. The molecule has 1 fully saturated rings. The molecule has 0 aromatic carbocycles. The quantitative estimate of drug-likeness (QED) is 0.408. The lowest BCUT2D eigenvalue weighted by Gasteiger charge is -2.22. The van der Waals surface area contributed by atoms with Crippen LogP contribution in [0, 0.1) is 0 Å². The predicted molar refractivity (Wildman–Crippen MR) is 129 cm³/mol. The van der Waals surface area contributed by atoms with Gasteiger partial charge in [-0.15, -0.1) is 0 Å². The summed E-state index contributed by atoms with van der Waals surface area (Å²) in [6.07, 6.45) is 15.8. The summed E-state index contributed by atoms with van der Waals surface area (Å²) in [4.78, 5) is 30.1. The number of nitrogens with zero attached hydrogens (tertiary/aromatic N) is 4. The number of aromatic nitrogens is 2. The SMILES string of the molecule is CCCCC[n+]1cccc(C(=O)N2CCCN(C(=O)c3ccc[n+](CCCCC)c3)CC2)c1. The van der Waals surface area contributed by atoms with E-state index >= 15 is 0 Å². The van der Waals surface area contributed by atoms with Gasteiger partial charge in [0.1, 0.15) is 24.2 Å². The molecule has 2 aromatic rings. The molecule has 0 N–H and O–H groups in total. The Morgan fingerprint density at radius 3 is 1.61 bits per heavy atom. The van der Waals surface area contributed by atoms with Crippen LogP contribution in [0.4, 0.5) is 0 Å². The molecule has 3 rings (SSSR count). The fourth-order valence-electron chi connectivity index (χ4n) is 4.35. The fraction of sp³-hybridized carbons (Fsp3) is 0.556. The second-order valence-electron chi connectivity index (χ2n) is 9.01. The Balaban J connectivity index is 1.59. The first-order valence-electron chi connectivity index (χ1n) is 12.7. The number of rotatable bonds is 10. The van der Waals surface area contributed by atoms with E-state index in [1.165, 1.54) is 25.7 Å². The zero-order chi connectivity index (χ0) is 23.5. The van der Waals surface area contributed by atoms with Gasteiger partial charge in [-0.1, -0.05) is 26.7 Å². The van der Waals surface area contributed by atoms with Crippen molar-refractivity contribution in [2.75, 3.05) is 26.2 Å². The molecule has 0 spiro atoms. The molecule has 178 valence electrons. The van der Waals surface area contributed by atoms with E-state index < -0.39 is 0 Å². The molecule has 6 heteroatoms. The molecule has 0 atom stereocenters. The van der Waals surface area contributed by atoms with Crippen LogP contribution in [0.25, 0.3) is 0 Å². The molecule has 0 aliphatic carbocycles. The number of unbranched alkanes of at least 4 members (excludes halogenated alkanes) is 4. The number of aryl methyl sites for hydroxylation is 2. The third kappa shape index (κ3) is 7.37. The van der Waals surface area contributed by atoms with Crippen molar-refractivity contribution in [1.29, 1.82) is 0 Å². The van der Waals surface area contributed by atoms with Crippen molar-refractivity contribution in [3.05, 3.63) is 60.2 Å². The van der Waals surface area contributed by atoms with Crippen LogP contribution in [-0.4, -0.2) is 47.8 Å². The molecule has 0 saturated carbocycles. The molecular formula is C27H40N4O2+2. The molecule has 6 nitrogen and oxygen atoms in total. The van der Waals surface area contributed by atoms with Crippen molar-refractivity contribution in [3.63, 3.8) is 0 Å². The Morgan fingerprint density at radius 2 is 1.18 bits per heavy atom. The molecule has 1 aliphatic rings. The first-order valence-corrected chi connectivity index (χ1v) is 12.7. The second-order valence-corrected chi connectivity index (χ2v) is 9.01. The van der Waals surface area contributed by atoms with Crippen LogP contribution >= 0.6 is 0 Å². The third-order valence-corrected chi connectivity index (χ3v) is 6.32. The molecule has 2 aromatic heterocycles. The Morgan fingerprint density at radius 1 is 0.727 bits per heavy atom. The first-order chi connectivity index (χ1) is 16.1. The van der Waals surface area contributed by atoms with Gasteiger partial charge in [0, 0.05) is 51.2 Å². The second kappa shape index (κ2) is 13.1. The van der Waals surface area contributed by atoms with Crippen LogP contribution in [0.5, 0.6) is 0 Å². The molecule has 0 bridgehead atoms. The van der Waals surface area contributed by atoms with Crippen LogP contribution in [0.2, 0.25) is 0 Å². The smallest absolute Gasteiger partial charge is 0.259 e. The zero-order valence-electron chi connectivity index (χ0n) is 20.4. The molecule has 33 heavy (non-hydrogen) atoms.